The van der Waals surface area contributed by atoms with Crippen molar-refractivity contribution >= 4 is 23.2 Å². The number of nitrogen functional groups attached to an aromatic ring is 1. The van der Waals surface area contributed by atoms with Crippen LogP contribution in [0.15, 0.2) is 18.2 Å². The molecule has 0 aromatic heterocycles. The van der Waals surface area contributed by atoms with Gasteiger partial charge in [-0.25, -0.2) is 0 Å². The van der Waals surface area contributed by atoms with Crippen molar-refractivity contribution in [3.05, 3.63) is 28.8 Å². The van der Waals surface area contributed by atoms with Gasteiger partial charge in [0.1, 0.15) is 0 Å². The number of hydrogen-bond acceptors (Lipinski definition) is 2. The first-order chi connectivity index (χ1) is 9.79. The lowest BCUT2D eigenvalue weighted by Gasteiger charge is -2.29. The minimum absolute atomic E-state index is 0.209. The Morgan fingerprint density at radius 3 is 2.67 bits per heavy atom. The van der Waals surface area contributed by atoms with Crippen molar-refractivity contribution in [3.8, 4) is 0 Å². The third kappa shape index (κ3) is 3.91. The van der Waals surface area contributed by atoms with Crippen molar-refractivity contribution in [2.75, 3.05) is 12.3 Å². The van der Waals surface area contributed by atoms with Crippen molar-refractivity contribution in [1.82, 2.24) is 4.90 Å². The number of rotatable bonds is 2. The average molecular weight is 309 g/mol. The highest BCUT2D eigenvalue weighted by Gasteiger charge is 2.30. The molecule has 1 unspecified atom stereocenters. The Hall–Kier alpha value is -1.22. The highest BCUT2D eigenvalue weighted by Crippen LogP contribution is 2.35. The summed E-state index contributed by atoms with van der Waals surface area (Å²) in [5.41, 5.74) is 7.77. The van der Waals surface area contributed by atoms with Crippen LogP contribution in [0.1, 0.15) is 45.6 Å². The second-order valence-electron chi connectivity index (χ2n) is 7.01. The van der Waals surface area contributed by atoms with Gasteiger partial charge in [0.05, 0.1) is 0 Å². The summed E-state index contributed by atoms with van der Waals surface area (Å²) in [5, 5.41) is 0.638. The van der Waals surface area contributed by atoms with Gasteiger partial charge in [0.2, 0.25) is 5.91 Å². The second-order valence-corrected chi connectivity index (χ2v) is 7.42. The largest absolute Gasteiger partial charge is 0.398 e. The van der Waals surface area contributed by atoms with Crippen LogP contribution in [-0.2, 0) is 11.3 Å². The van der Waals surface area contributed by atoms with Crippen molar-refractivity contribution in [1.29, 1.82) is 0 Å². The van der Waals surface area contributed by atoms with E-state index in [1.807, 2.05) is 23.1 Å². The summed E-state index contributed by atoms with van der Waals surface area (Å²) in [6, 6.07) is 5.50. The minimum atomic E-state index is 0.209. The summed E-state index contributed by atoms with van der Waals surface area (Å²) in [7, 11) is 0. The van der Waals surface area contributed by atoms with E-state index < -0.39 is 0 Å². The van der Waals surface area contributed by atoms with Crippen LogP contribution in [0.5, 0.6) is 0 Å². The van der Waals surface area contributed by atoms with Gasteiger partial charge in [-0.3, -0.25) is 4.79 Å². The topological polar surface area (TPSA) is 46.3 Å². The van der Waals surface area contributed by atoms with Crippen LogP contribution in [0.25, 0.3) is 0 Å². The fraction of sp³-hybridized carbons (Fsp3) is 0.588. The van der Waals surface area contributed by atoms with Crippen molar-refractivity contribution < 1.29 is 4.79 Å². The summed E-state index contributed by atoms with van der Waals surface area (Å²) >= 11 is 6.22. The third-order valence-electron chi connectivity index (χ3n) is 4.54. The second kappa shape index (κ2) is 6.27. The number of anilines is 1. The monoisotopic (exact) mass is 308 g/mol. The molecule has 1 aliphatic rings. The number of carbonyl (C=O) groups is 1. The number of nitrogens with zero attached hydrogens (tertiary/aromatic N) is 1. The lowest BCUT2D eigenvalue weighted by Crippen LogP contribution is -2.30. The quantitative estimate of drug-likeness (QED) is 0.836. The standard InChI is InChI=1S/C17H25ClN2O/c1-17(2,3)12-7-8-16(21)20(10-9-12)11-13-14(18)5-4-6-15(13)19/h4-6,12H,7-11,19H2,1-3H3. The number of carbonyl (C=O) groups excluding carboxylic acids is 1. The first-order valence-electron chi connectivity index (χ1n) is 7.59. The number of amides is 1. The highest BCUT2D eigenvalue weighted by molar-refractivity contribution is 6.31. The molecule has 0 aliphatic carbocycles. The normalized spacial score (nSPS) is 20.5. The first-order valence-corrected chi connectivity index (χ1v) is 7.97. The molecule has 1 aromatic rings. The van der Waals surface area contributed by atoms with Crippen molar-refractivity contribution in [2.45, 2.75) is 46.6 Å². The summed E-state index contributed by atoms with van der Waals surface area (Å²) in [6.45, 7) is 8.06. The highest BCUT2D eigenvalue weighted by atomic mass is 35.5. The van der Waals surface area contributed by atoms with Crippen LogP contribution < -0.4 is 5.73 Å². The van der Waals surface area contributed by atoms with E-state index in [9.17, 15) is 4.79 Å². The van der Waals surface area contributed by atoms with Crippen LogP contribution in [0.3, 0.4) is 0 Å². The maximum Gasteiger partial charge on any atom is 0.222 e. The number of likely N-dealkylation sites (tertiary alicyclic amines) is 1. The van der Waals surface area contributed by atoms with E-state index >= 15 is 0 Å². The smallest absolute Gasteiger partial charge is 0.222 e. The summed E-state index contributed by atoms with van der Waals surface area (Å²) < 4.78 is 0. The molecular formula is C17H25ClN2O. The zero-order valence-electron chi connectivity index (χ0n) is 13.2. The maximum atomic E-state index is 12.4. The molecule has 0 bridgehead atoms. The molecule has 2 N–H and O–H groups in total. The lowest BCUT2D eigenvalue weighted by atomic mass is 9.77. The van der Waals surface area contributed by atoms with E-state index in [0.29, 0.717) is 29.6 Å². The van der Waals surface area contributed by atoms with Crippen molar-refractivity contribution in [2.24, 2.45) is 11.3 Å². The molecular weight excluding hydrogens is 284 g/mol. The molecule has 116 valence electrons. The van der Waals surface area contributed by atoms with Gasteiger partial charge in [0.15, 0.2) is 0 Å². The van der Waals surface area contributed by atoms with Crippen LogP contribution in [0.2, 0.25) is 5.02 Å². The molecule has 1 heterocycles. The maximum absolute atomic E-state index is 12.4. The van der Waals surface area contributed by atoms with Gasteiger partial charge in [-0.15, -0.1) is 0 Å². The van der Waals surface area contributed by atoms with Gasteiger partial charge in [-0.2, -0.15) is 0 Å². The van der Waals surface area contributed by atoms with E-state index in [1.165, 1.54) is 0 Å². The predicted molar refractivity (Wildman–Crippen MR) is 88.1 cm³/mol. The summed E-state index contributed by atoms with van der Waals surface area (Å²) in [5.74, 6) is 0.788. The predicted octanol–water partition coefficient (Wildman–Crippen LogP) is 4.10. The third-order valence-corrected chi connectivity index (χ3v) is 4.89. The molecule has 1 saturated heterocycles. The Kier molecular flexibility index (Phi) is 4.82. The molecule has 0 saturated carbocycles. The molecule has 2 rings (SSSR count). The Bertz CT molecular complexity index is 502. The van der Waals surface area contributed by atoms with Gasteiger partial charge in [0.25, 0.3) is 0 Å². The zero-order chi connectivity index (χ0) is 15.6. The van der Waals surface area contributed by atoms with E-state index in [1.54, 1.807) is 0 Å². The van der Waals surface area contributed by atoms with Gasteiger partial charge in [-0.1, -0.05) is 38.4 Å². The molecule has 1 aliphatic heterocycles. The van der Waals surface area contributed by atoms with Crippen LogP contribution in [0.4, 0.5) is 5.69 Å². The van der Waals surface area contributed by atoms with E-state index in [0.717, 1.165) is 24.9 Å². The number of hydrogen-bond donors (Lipinski definition) is 1. The average Bonchev–Trinajstić information content (AvgIpc) is 2.56. The van der Waals surface area contributed by atoms with Crippen molar-refractivity contribution in [3.63, 3.8) is 0 Å². The number of benzene rings is 1. The van der Waals surface area contributed by atoms with E-state index in [-0.39, 0.29) is 11.3 Å². The van der Waals surface area contributed by atoms with Gasteiger partial charge in [0, 0.05) is 35.8 Å². The van der Waals surface area contributed by atoms with Gasteiger partial charge < -0.3 is 10.6 Å². The molecule has 21 heavy (non-hydrogen) atoms. The van der Waals surface area contributed by atoms with Crippen LogP contribution in [-0.4, -0.2) is 17.4 Å². The summed E-state index contributed by atoms with van der Waals surface area (Å²) in [4.78, 5) is 14.3. The molecule has 0 radical (unpaired) electrons. The SMILES string of the molecule is CC(C)(C)C1CCC(=O)N(Cc2c(N)cccc2Cl)CC1. The minimum Gasteiger partial charge on any atom is -0.398 e. The zero-order valence-corrected chi connectivity index (χ0v) is 13.9. The molecule has 1 atom stereocenters. The Morgan fingerprint density at radius 2 is 2.05 bits per heavy atom. The first kappa shape index (κ1) is 16.2. The Balaban J connectivity index is 2.12. The molecule has 3 nitrogen and oxygen atoms in total. The molecule has 4 heteroatoms. The Morgan fingerprint density at radius 1 is 1.33 bits per heavy atom. The van der Waals surface area contributed by atoms with E-state index in [4.69, 9.17) is 17.3 Å². The molecule has 1 aromatic carbocycles. The van der Waals surface area contributed by atoms with Crippen LogP contribution in [0, 0.1) is 11.3 Å². The van der Waals surface area contributed by atoms with Gasteiger partial charge in [-0.05, 0) is 36.3 Å². The Labute approximate surface area is 132 Å². The molecule has 1 amide bonds. The fourth-order valence-corrected chi connectivity index (χ4v) is 3.24. The fourth-order valence-electron chi connectivity index (χ4n) is 3.00. The van der Waals surface area contributed by atoms with Gasteiger partial charge >= 0.3 is 0 Å². The molecule has 0 spiro atoms. The van der Waals surface area contributed by atoms with Crippen LogP contribution >= 0.6 is 11.6 Å². The molecule has 1 fully saturated rings. The number of halogens is 1. The lowest BCUT2D eigenvalue weighted by molar-refractivity contribution is -0.131. The summed E-state index contributed by atoms with van der Waals surface area (Å²) in [6.07, 6.45) is 2.63. The van der Waals surface area contributed by atoms with E-state index in [2.05, 4.69) is 20.8 Å². The number of nitrogens with two attached hydrogens (primary N) is 1.